The van der Waals surface area contributed by atoms with Crippen LogP contribution in [0.5, 0.6) is 0 Å². The molecule has 604 valence electrons. The van der Waals surface area contributed by atoms with Gasteiger partial charge in [0.2, 0.25) is 11.9 Å². The predicted molar refractivity (Wildman–Crippen MR) is 544 cm³/mol. The molecule has 130 heavy (non-hydrogen) atoms. The molecular weight excluding hydrogens is 1600 g/mol. The van der Waals surface area contributed by atoms with Crippen molar-refractivity contribution in [3.63, 3.8) is 0 Å². The molecule has 0 bridgehead atoms. The lowest BCUT2D eigenvalue weighted by Gasteiger charge is -2.13. The Labute approximate surface area is 748 Å². The molecule has 28 rings (SSSR count). The second kappa shape index (κ2) is 29.2. The number of aromatic nitrogens is 8. The van der Waals surface area contributed by atoms with Gasteiger partial charge in [0.05, 0.1) is 83.0 Å². The molecule has 8 aromatic heterocycles. The molecule has 0 amide bonds. The Morgan fingerprint density at radius 1 is 0.185 bits per heavy atom. The van der Waals surface area contributed by atoms with Crippen LogP contribution < -0.4 is 0 Å². The lowest BCUT2D eigenvalue weighted by molar-refractivity contribution is 0.666. The smallest absolute Gasteiger partial charge is 0.235 e. The van der Waals surface area contributed by atoms with E-state index in [4.69, 9.17) is 24.4 Å². The number of para-hydroxylation sites is 6. The minimum atomic E-state index is 0.631. The van der Waals surface area contributed by atoms with E-state index in [1.165, 1.54) is 107 Å². The summed E-state index contributed by atoms with van der Waals surface area (Å²) in [6.07, 6.45) is 0. The molecule has 0 aliphatic carbocycles. The van der Waals surface area contributed by atoms with Crippen molar-refractivity contribution in [3.05, 3.63) is 437 Å². The van der Waals surface area contributed by atoms with Gasteiger partial charge in [-0.1, -0.05) is 303 Å². The fourth-order valence-electron chi connectivity index (χ4n) is 20.4. The SMILES string of the molecule is c1ccc2cc(-c3cc(-c4ccc5ccccc5c4)nc(-n4c5ccccc5c5cc(-c6ccc7c(c6)c6ccccc6n7-c6cccc7c6oc6ccccc67)ccc54)n3)ccc2c1.c1ccc2cc(-c3cc(-c4ccc5ccccc5c4)nc(-n4c5ccccc5c5cc(-c6ccc7c(c6)c6ccccc6n7-c6cccc7c6sc6ccccc67)ccc54)n3)ccc2c1. The van der Waals surface area contributed by atoms with Crippen LogP contribution in [0, 0.1) is 0 Å². The second-order valence-electron chi connectivity index (χ2n) is 34.0. The maximum absolute atomic E-state index is 6.57. The van der Waals surface area contributed by atoms with Gasteiger partial charge in [-0.25, -0.2) is 19.9 Å². The Morgan fingerprint density at radius 3 is 0.885 bits per heavy atom. The Balaban J connectivity index is 0.000000134. The second-order valence-corrected chi connectivity index (χ2v) is 35.0. The standard InChI is InChI=1S/C60H36N4O.C60H36N4S/c2*1-3-14-39-32-43(26-24-37(39)12-1)51-36-52(44-27-25-38-13-2-4-15-40(38)33-44)62-60(61-51)64-54-21-9-6-17-46(54)50-35-42(29-31-56(50)64)41-28-30-55-49(34-41)45-16-5-8-20-53(45)63(55)57-22-11-19-48-47-18-7-10-23-58(47)65-59(48)57/h2*1-36H. The summed E-state index contributed by atoms with van der Waals surface area (Å²) in [4.78, 5) is 21.6. The lowest BCUT2D eigenvalue weighted by atomic mass is 10.0. The van der Waals surface area contributed by atoms with Gasteiger partial charge in [0.15, 0.2) is 5.58 Å². The predicted octanol–water partition coefficient (Wildman–Crippen LogP) is 32.2. The van der Waals surface area contributed by atoms with E-state index in [-0.39, 0.29) is 0 Å². The topological polar surface area (TPSA) is 84.4 Å². The van der Waals surface area contributed by atoms with Crippen LogP contribution in [0.2, 0.25) is 0 Å². The van der Waals surface area contributed by atoms with Crippen molar-refractivity contribution in [3.8, 4) is 90.6 Å². The largest absolute Gasteiger partial charge is 0.454 e. The first-order valence-electron chi connectivity index (χ1n) is 44.1. The van der Waals surface area contributed by atoms with Gasteiger partial charge in [-0.05, 0) is 199 Å². The summed E-state index contributed by atoms with van der Waals surface area (Å²) < 4.78 is 18.5. The molecule has 0 saturated heterocycles. The van der Waals surface area contributed by atoms with Crippen molar-refractivity contribution in [2.45, 2.75) is 0 Å². The van der Waals surface area contributed by atoms with Crippen molar-refractivity contribution in [1.82, 2.24) is 38.2 Å². The third-order valence-corrected chi connectivity index (χ3v) is 27.8. The summed E-state index contributed by atoms with van der Waals surface area (Å²) in [5, 5.41) is 23.8. The first kappa shape index (κ1) is 73.2. The van der Waals surface area contributed by atoms with Gasteiger partial charge in [0.25, 0.3) is 0 Å². The van der Waals surface area contributed by atoms with Crippen molar-refractivity contribution in [2.75, 3.05) is 0 Å². The maximum Gasteiger partial charge on any atom is 0.235 e. The molecule has 0 atom stereocenters. The molecule has 0 spiro atoms. The molecule has 0 saturated carbocycles. The van der Waals surface area contributed by atoms with Crippen LogP contribution in [0.25, 0.3) is 263 Å². The summed E-state index contributed by atoms with van der Waals surface area (Å²) in [5.41, 5.74) is 25.2. The Kier molecular flexibility index (Phi) is 16.4. The quantitative estimate of drug-likeness (QED) is 0.136. The molecule has 0 radical (unpaired) electrons. The van der Waals surface area contributed by atoms with Gasteiger partial charge >= 0.3 is 0 Å². The third-order valence-electron chi connectivity index (χ3n) is 26.6. The van der Waals surface area contributed by atoms with Gasteiger partial charge in [0, 0.05) is 91.6 Å². The number of thiophene rings is 1. The number of rotatable bonds is 10. The molecule has 0 aliphatic heterocycles. The summed E-state index contributed by atoms with van der Waals surface area (Å²) in [6, 6.07) is 157. The highest BCUT2D eigenvalue weighted by Crippen LogP contribution is 2.47. The van der Waals surface area contributed by atoms with E-state index in [1.54, 1.807) is 0 Å². The zero-order chi connectivity index (χ0) is 85.2. The third kappa shape index (κ3) is 11.8. The van der Waals surface area contributed by atoms with Gasteiger partial charge in [-0.3, -0.25) is 9.13 Å². The molecular formula is C120H72N8OS. The van der Waals surface area contributed by atoms with Crippen molar-refractivity contribution >= 4 is 184 Å². The molecule has 0 aliphatic rings. The Hall–Kier alpha value is -17.2. The van der Waals surface area contributed by atoms with Crippen LogP contribution in [0.3, 0.4) is 0 Å². The maximum atomic E-state index is 6.57. The fraction of sp³-hybridized carbons (Fsp3) is 0. The van der Waals surface area contributed by atoms with E-state index < -0.39 is 0 Å². The van der Waals surface area contributed by atoms with Crippen molar-refractivity contribution in [2.24, 2.45) is 0 Å². The monoisotopic (exact) mass is 1670 g/mol. The van der Waals surface area contributed by atoms with E-state index in [9.17, 15) is 0 Å². The highest BCUT2D eigenvalue weighted by molar-refractivity contribution is 7.26. The summed E-state index contributed by atoms with van der Waals surface area (Å²) >= 11 is 1.87. The van der Waals surface area contributed by atoms with Crippen LogP contribution in [-0.4, -0.2) is 38.2 Å². The summed E-state index contributed by atoms with van der Waals surface area (Å²) in [7, 11) is 0. The summed E-state index contributed by atoms with van der Waals surface area (Å²) in [5.74, 6) is 1.27. The first-order chi connectivity index (χ1) is 64.4. The number of furan rings is 1. The molecule has 20 aromatic carbocycles. The van der Waals surface area contributed by atoms with Crippen LogP contribution >= 0.6 is 11.3 Å². The Morgan fingerprint density at radius 2 is 0.477 bits per heavy atom. The van der Waals surface area contributed by atoms with E-state index in [0.717, 1.165) is 144 Å². The van der Waals surface area contributed by atoms with E-state index in [0.29, 0.717) is 11.9 Å². The van der Waals surface area contributed by atoms with E-state index >= 15 is 0 Å². The minimum absolute atomic E-state index is 0.631. The van der Waals surface area contributed by atoms with Gasteiger partial charge < -0.3 is 13.6 Å². The molecule has 9 nitrogen and oxygen atoms in total. The fourth-order valence-corrected chi connectivity index (χ4v) is 21.6. The highest BCUT2D eigenvalue weighted by Gasteiger charge is 2.25. The zero-order valence-corrected chi connectivity index (χ0v) is 70.8. The van der Waals surface area contributed by atoms with Gasteiger partial charge in [-0.2, -0.15) is 0 Å². The van der Waals surface area contributed by atoms with Crippen LogP contribution in [0.15, 0.2) is 441 Å². The van der Waals surface area contributed by atoms with E-state index in [1.807, 2.05) is 23.5 Å². The first-order valence-corrected chi connectivity index (χ1v) is 44.9. The van der Waals surface area contributed by atoms with Crippen molar-refractivity contribution in [1.29, 1.82) is 0 Å². The normalized spacial score (nSPS) is 12.0. The molecule has 8 heterocycles. The van der Waals surface area contributed by atoms with Gasteiger partial charge in [0.1, 0.15) is 5.58 Å². The number of hydrogen-bond donors (Lipinski definition) is 0. The van der Waals surface area contributed by atoms with Crippen LogP contribution in [0.1, 0.15) is 0 Å². The molecule has 0 unspecified atom stereocenters. The lowest BCUT2D eigenvalue weighted by Crippen LogP contribution is -2.04. The number of fused-ring (bicyclic) bond motifs is 22. The average Bonchev–Trinajstić information content (AvgIpc) is 1.59. The van der Waals surface area contributed by atoms with Crippen LogP contribution in [-0.2, 0) is 0 Å². The van der Waals surface area contributed by atoms with Crippen molar-refractivity contribution < 1.29 is 4.42 Å². The van der Waals surface area contributed by atoms with Gasteiger partial charge in [-0.15, -0.1) is 11.3 Å². The zero-order valence-electron chi connectivity index (χ0n) is 70.0. The molecule has 28 aromatic rings. The number of hydrogen-bond acceptors (Lipinski definition) is 6. The summed E-state index contributed by atoms with van der Waals surface area (Å²) in [6.45, 7) is 0. The average molecular weight is 1670 g/mol. The minimum Gasteiger partial charge on any atom is -0.454 e. The molecule has 10 heteroatoms. The number of benzene rings is 20. The number of nitrogens with zero attached hydrogens (tertiary/aromatic N) is 8. The van der Waals surface area contributed by atoms with E-state index in [2.05, 4.69) is 443 Å². The molecule has 0 N–H and O–H groups in total. The Bertz CT molecular complexity index is 8890. The highest BCUT2D eigenvalue weighted by atomic mass is 32.1. The molecule has 0 fully saturated rings. The van der Waals surface area contributed by atoms with Crippen LogP contribution in [0.4, 0.5) is 0 Å².